The summed E-state index contributed by atoms with van der Waals surface area (Å²) in [5.41, 5.74) is -0.221. The smallest absolute Gasteiger partial charge is 0.458 e. The van der Waals surface area contributed by atoms with Crippen molar-refractivity contribution in [2.24, 2.45) is 5.92 Å². The van der Waals surface area contributed by atoms with Gasteiger partial charge in [-0.15, -0.1) is 4.35 Å². The number of anilines is 1. The number of nitriles is 1. The zero-order valence-electron chi connectivity index (χ0n) is 24.7. The van der Waals surface area contributed by atoms with Gasteiger partial charge in [0.1, 0.15) is 30.6 Å². The number of para-hydroxylation sites is 1. The molecular weight excluding hydrogens is 581 g/mol. The van der Waals surface area contributed by atoms with Crippen molar-refractivity contribution < 1.29 is 42.3 Å². The number of aromatic nitrogens is 2. The van der Waals surface area contributed by atoms with Gasteiger partial charge in [0, 0.05) is 13.1 Å². The second-order valence-corrected chi connectivity index (χ2v) is 11.7. The second-order valence-electron chi connectivity index (χ2n) is 10.4. The van der Waals surface area contributed by atoms with Crippen molar-refractivity contribution in [3.63, 3.8) is 0 Å². The Balaban J connectivity index is 2.09. The van der Waals surface area contributed by atoms with E-state index in [0.29, 0.717) is 5.75 Å². The molecule has 3 rings (SSSR count). The van der Waals surface area contributed by atoms with Crippen LogP contribution in [0.15, 0.2) is 59.4 Å². The number of esters is 2. The molecule has 5 unspecified atom stereocenters. The van der Waals surface area contributed by atoms with Crippen molar-refractivity contribution in [1.82, 2.24) is 9.55 Å². The van der Waals surface area contributed by atoms with E-state index in [2.05, 4.69) is 11.7 Å². The molecule has 1 fully saturated rings. The molecule has 0 radical (unpaired) electrons. The van der Waals surface area contributed by atoms with Gasteiger partial charge < -0.3 is 34.1 Å². The van der Waals surface area contributed by atoms with Gasteiger partial charge in [-0.1, -0.05) is 32.0 Å². The van der Waals surface area contributed by atoms with E-state index in [1.54, 1.807) is 65.0 Å². The first-order chi connectivity index (χ1) is 20.1. The maximum Gasteiger partial charge on any atom is 0.632 e. The molecule has 2 heterocycles. The molecule has 1 aliphatic rings. The number of benzene rings is 1. The minimum Gasteiger partial charge on any atom is -0.458 e. The van der Waals surface area contributed by atoms with Crippen molar-refractivity contribution >= 4 is 33.0 Å². The molecule has 2 aromatic rings. The van der Waals surface area contributed by atoms with Gasteiger partial charge in [0.05, 0.1) is 12.0 Å². The molecule has 43 heavy (non-hydrogen) atoms. The lowest BCUT2D eigenvalue weighted by Gasteiger charge is -2.34. The van der Waals surface area contributed by atoms with E-state index < -0.39 is 55.5 Å². The first kappa shape index (κ1) is 33.0. The fraction of sp³-hybridized carbons (Fsp3) is 0.429. The highest BCUT2D eigenvalue weighted by atomic mass is 31.2. The van der Waals surface area contributed by atoms with Crippen LogP contribution in [0.5, 0.6) is 5.75 Å². The summed E-state index contributed by atoms with van der Waals surface area (Å²) in [6.07, 6.45) is 0.0817. The van der Waals surface area contributed by atoms with Crippen LogP contribution in [0.2, 0.25) is 0 Å². The van der Waals surface area contributed by atoms with Crippen LogP contribution in [-0.4, -0.2) is 61.5 Å². The van der Waals surface area contributed by atoms with Crippen LogP contribution in [0.4, 0.5) is 5.82 Å². The van der Waals surface area contributed by atoms with Gasteiger partial charge in [0.15, 0.2) is 17.5 Å². The lowest BCUT2D eigenvalue weighted by molar-refractivity contribution is -0.407. The number of nitrogens with zero attached hydrogens (tertiary/aromatic N) is 4. The Hall–Kier alpha value is -4.47. The van der Waals surface area contributed by atoms with E-state index in [4.69, 9.17) is 29.0 Å². The summed E-state index contributed by atoms with van der Waals surface area (Å²) >= 11 is 0. The average molecular weight is 617 g/mol. The summed E-state index contributed by atoms with van der Waals surface area (Å²) in [4.78, 5) is 41.8. The first-order valence-corrected chi connectivity index (χ1v) is 14.4. The molecule has 3 N–H and O–H groups in total. The normalized spacial score (nSPS) is 23.6. The summed E-state index contributed by atoms with van der Waals surface area (Å²) < 4.78 is 30.7. The molecule has 1 aliphatic heterocycles. The third kappa shape index (κ3) is 6.96. The Morgan fingerprint density at radius 1 is 1.23 bits per heavy atom. The highest BCUT2D eigenvalue weighted by Gasteiger charge is 2.67. The quantitative estimate of drug-likeness (QED) is 0.163. The summed E-state index contributed by atoms with van der Waals surface area (Å²) in [7, 11) is -2.23. The number of hydrogen-bond donors (Lipinski definition) is 2. The van der Waals surface area contributed by atoms with Gasteiger partial charge >= 0.3 is 31.9 Å². The van der Waals surface area contributed by atoms with E-state index in [1.165, 1.54) is 17.3 Å². The van der Waals surface area contributed by atoms with Crippen LogP contribution in [0, 0.1) is 17.2 Å². The van der Waals surface area contributed by atoms with Gasteiger partial charge in [0.25, 0.3) is 6.04 Å². The standard InChI is InChI=1S/C28H34N5O9P/c1-17(2)24(34)40-23-21(41-28(16-29,27(23,6)37)33-14-13-22(30)31-26(33)36)15-38-43(42-20-11-9-8-10-12-20)32(7)19(5)25(35)39-18(3)4/h8-15,17-19,23,37H,7H2,1-6H3,(H-,30,31,36)/p+1. The molecule has 14 nitrogen and oxygen atoms in total. The van der Waals surface area contributed by atoms with Crippen molar-refractivity contribution in [2.75, 3.05) is 5.73 Å². The zero-order chi connectivity index (χ0) is 32.1. The lowest BCUT2D eigenvalue weighted by Crippen LogP contribution is -2.58. The SMILES string of the molecule is C=[N+](C(C)C(=O)OC(C)C)P(OC=C1OC(C#N)(n2ccc(N)nc2=O)C(C)(O)C1OC(=O)C(C)C)Oc1ccccc1. The molecule has 1 aromatic heterocycles. The van der Waals surface area contributed by atoms with Crippen molar-refractivity contribution in [3.8, 4) is 11.8 Å². The minimum absolute atomic E-state index is 0.127. The molecule has 1 aromatic carbocycles. The first-order valence-electron chi connectivity index (χ1n) is 13.2. The summed E-state index contributed by atoms with van der Waals surface area (Å²) in [5.74, 6) is -2.04. The van der Waals surface area contributed by atoms with Crippen molar-refractivity contribution in [2.45, 2.75) is 71.1 Å². The Morgan fingerprint density at radius 3 is 2.44 bits per heavy atom. The van der Waals surface area contributed by atoms with Crippen LogP contribution in [0.25, 0.3) is 0 Å². The molecule has 0 bridgehead atoms. The Bertz CT molecular complexity index is 1490. The number of nitrogens with two attached hydrogens (primary N) is 1. The van der Waals surface area contributed by atoms with Crippen LogP contribution >= 0.6 is 8.53 Å². The number of rotatable bonds is 11. The van der Waals surface area contributed by atoms with E-state index >= 15 is 0 Å². The van der Waals surface area contributed by atoms with E-state index in [1.807, 2.05) is 6.07 Å². The molecule has 0 amide bonds. The largest absolute Gasteiger partial charge is 0.632 e. The van der Waals surface area contributed by atoms with Crippen molar-refractivity contribution in [1.29, 1.82) is 5.26 Å². The molecule has 0 saturated carbocycles. The average Bonchev–Trinajstić information content (AvgIpc) is 3.16. The number of carbonyl (C=O) groups excluding carboxylic acids is 2. The fourth-order valence-corrected chi connectivity index (χ4v) is 4.97. The highest BCUT2D eigenvalue weighted by molar-refractivity contribution is 7.40. The van der Waals surface area contributed by atoms with Gasteiger partial charge in [-0.2, -0.15) is 10.2 Å². The van der Waals surface area contributed by atoms with Crippen molar-refractivity contribution in [3.05, 3.63) is 65.1 Å². The predicted molar refractivity (Wildman–Crippen MR) is 154 cm³/mol. The maximum atomic E-state index is 12.8. The zero-order valence-corrected chi connectivity index (χ0v) is 25.6. The van der Waals surface area contributed by atoms with Crippen LogP contribution in [-0.2, 0) is 34.0 Å². The van der Waals surface area contributed by atoms with Gasteiger partial charge in [-0.05, 0) is 39.0 Å². The summed E-state index contributed by atoms with van der Waals surface area (Å²) in [5, 5.41) is 22.0. The Kier molecular flexibility index (Phi) is 10.2. The van der Waals surface area contributed by atoms with Gasteiger partial charge in [-0.3, -0.25) is 4.79 Å². The molecule has 15 heteroatoms. The number of aliphatic hydroxyl groups is 1. The molecule has 230 valence electrons. The molecule has 5 atom stereocenters. The molecule has 0 aliphatic carbocycles. The second kappa shape index (κ2) is 13.2. The van der Waals surface area contributed by atoms with Crippen LogP contribution in [0.1, 0.15) is 41.5 Å². The molecule has 0 spiro atoms. The van der Waals surface area contributed by atoms with Crippen LogP contribution in [0.3, 0.4) is 0 Å². The minimum atomic E-state index is -2.47. The molecular formula is C28H35N5O9P+. The van der Waals surface area contributed by atoms with E-state index in [-0.39, 0.29) is 17.7 Å². The highest BCUT2D eigenvalue weighted by Crippen LogP contribution is 2.48. The van der Waals surface area contributed by atoms with Gasteiger partial charge in [-0.25, -0.2) is 14.2 Å². The maximum absolute atomic E-state index is 12.8. The number of nitrogen functional groups attached to an aromatic ring is 1. The third-order valence-electron chi connectivity index (χ3n) is 6.28. The number of hydrogen-bond acceptors (Lipinski definition) is 12. The predicted octanol–water partition coefficient (Wildman–Crippen LogP) is 2.57. The molecule has 1 saturated heterocycles. The Labute approximate surface area is 249 Å². The lowest BCUT2D eigenvalue weighted by atomic mass is 9.89. The third-order valence-corrected chi connectivity index (χ3v) is 7.70. The van der Waals surface area contributed by atoms with Crippen LogP contribution < -0.4 is 15.9 Å². The monoisotopic (exact) mass is 616 g/mol. The van der Waals surface area contributed by atoms with Gasteiger partial charge in [0.2, 0.25) is 0 Å². The summed E-state index contributed by atoms with van der Waals surface area (Å²) in [6, 6.07) is 10.7. The fourth-order valence-electron chi connectivity index (χ4n) is 3.83. The number of carbonyl (C=O) groups is 2. The topological polar surface area (TPSA) is 188 Å². The van der Waals surface area contributed by atoms with E-state index in [9.17, 15) is 24.8 Å². The van der Waals surface area contributed by atoms with E-state index in [0.717, 1.165) is 17.0 Å². The Morgan fingerprint density at radius 2 is 1.88 bits per heavy atom. The number of ether oxygens (including phenoxy) is 3. The summed E-state index contributed by atoms with van der Waals surface area (Å²) in [6.45, 7) is 13.2.